The van der Waals surface area contributed by atoms with Crippen LogP contribution in [0.4, 0.5) is 5.69 Å². The van der Waals surface area contributed by atoms with E-state index >= 15 is 0 Å². The molecule has 17 heavy (non-hydrogen) atoms. The first kappa shape index (κ1) is 13.2. The number of nitrogens with one attached hydrogen (secondary N) is 2. The predicted molar refractivity (Wildman–Crippen MR) is 67.8 cm³/mol. The maximum Gasteiger partial charge on any atom is 0.246 e. The maximum atomic E-state index is 11.8. The van der Waals surface area contributed by atoms with Gasteiger partial charge in [-0.25, -0.2) is 0 Å². The van der Waals surface area contributed by atoms with Crippen molar-refractivity contribution in [3.63, 3.8) is 0 Å². The summed E-state index contributed by atoms with van der Waals surface area (Å²) in [4.78, 5) is 22.6. The van der Waals surface area contributed by atoms with E-state index in [1.54, 1.807) is 6.92 Å². The van der Waals surface area contributed by atoms with Crippen LogP contribution in [0.15, 0.2) is 18.2 Å². The first-order valence-corrected chi connectivity index (χ1v) is 5.56. The lowest BCUT2D eigenvalue weighted by atomic mass is 10.1. The van der Waals surface area contributed by atoms with Crippen LogP contribution in [0.25, 0.3) is 0 Å². The summed E-state index contributed by atoms with van der Waals surface area (Å²) in [6.07, 6.45) is 0. The Hall–Kier alpha value is -1.84. The minimum absolute atomic E-state index is 0.214. The summed E-state index contributed by atoms with van der Waals surface area (Å²) in [6, 6.07) is 5.19. The van der Waals surface area contributed by atoms with Crippen molar-refractivity contribution in [3.8, 4) is 0 Å². The highest BCUT2D eigenvalue weighted by atomic mass is 16.2. The second kappa shape index (κ2) is 5.48. The molecule has 4 heteroatoms. The van der Waals surface area contributed by atoms with Crippen LogP contribution in [0.1, 0.15) is 25.0 Å². The summed E-state index contributed by atoms with van der Waals surface area (Å²) in [5.41, 5.74) is 2.94. The molecule has 0 radical (unpaired) electrons. The third-order valence-corrected chi connectivity index (χ3v) is 2.68. The molecule has 2 N–H and O–H groups in total. The van der Waals surface area contributed by atoms with Crippen molar-refractivity contribution in [2.45, 2.75) is 33.7 Å². The molecule has 1 unspecified atom stereocenters. The minimum Gasteiger partial charge on any atom is -0.345 e. The highest BCUT2D eigenvalue weighted by Crippen LogP contribution is 2.17. The Balaban J connectivity index is 2.74. The molecule has 0 saturated carbocycles. The lowest BCUT2D eigenvalue weighted by Crippen LogP contribution is -2.40. The summed E-state index contributed by atoms with van der Waals surface area (Å²) in [5, 5.41) is 5.35. The molecule has 1 aromatic rings. The zero-order valence-corrected chi connectivity index (χ0v) is 10.6. The van der Waals surface area contributed by atoms with Gasteiger partial charge in [0.25, 0.3) is 0 Å². The van der Waals surface area contributed by atoms with Gasteiger partial charge in [-0.2, -0.15) is 0 Å². The molecule has 0 saturated heterocycles. The van der Waals surface area contributed by atoms with Crippen LogP contribution >= 0.6 is 0 Å². The minimum atomic E-state index is -0.535. The van der Waals surface area contributed by atoms with E-state index in [9.17, 15) is 9.59 Å². The fourth-order valence-corrected chi connectivity index (χ4v) is 1.50. The topological polar surface area (TPSA) is 58.2 Å². The number of rotatable bonds is 3. The summed E-state index contributed by atoms with van der Waals surface area (Å²) in [6.45, 7) is 6.99. The van der Waals surface area contributed by atoms with Gasteiger partial charge in [0, 0.05) is 12.6 Å². The monoisotopic (exact) mass is 234 g/mol. The van der Waals surface area contributed by atoms with Crippen LogP contribution in [0.5, 0.6) is 0 Å². The molecule has 92 valence electrons. The van der Waals surface area contributed by atoms with Gasteiger partial charge in [0.1, 0.15) is 6.04 Å². The van der Waals surface area contributed by atoms with Crippen molar-refractivity contribution >= 4 is 17.5 Å². The zero-order chi connectivity index (χ0) is 13.0. The number of amides is 2. The second-order valence-electron chi connectivity index (χ2n) is 4.16. The van der Waals surface area contributed by atoms with Gasteiger partial charge in [0.2, 0.25) is 11.8 Å². The van der Waals surface area contributed by atoms with Gasteiger partial charge in [0.15, 0.2) is 0 Å². The number of hydrogen-bond donors (Lipinski definition) is 2. The molecule has 1 rings (SSSR count). The fraction of sp³-hybridized carbons (Fsp3) is 0.385. The number of carbonyl (C=O) groups is 2. The Kier molecular flexibility index (Phi) is 4.26. The normalized spacial score (nSPS) is 11.8. The van der Waals surface area contributed by atoms with Crippen LogP contribution in [-0.4, -0.2) is 17.9 Å². The first-order chi connectivity index (χ1) is 7.91. The van der Waals surface area contributed by atoms with Gasteiger partial charge in [-0.05, 0) is 38.0 Å². The van der Waals surface area contributed by atoms with Gasteiger partial charge in [-0.15, -0.1) is 0 Å². The number of benzene rings is 1. The van der Waals surface area contributed by atoms with Crippen molar-refractivity contribution < 1.29 is 9.59 Å². The standard InChI is InChI=1S/C13H18N2O2/c1-8-6-5-7-12(9(8)2)15-13(17)10(3)14-11(4)16/h5-7,10H,1-4H3,(H,14,16)(H,15,17). The second-order valence-corrected chi connectivity index (χ2v) is 4.16. The van der Waals surface area contributed by atoms with Crippen LogP contribution in [0.2, 0.25) is 0 Å². The van der Waals surface area contributed by atoms with E-state index in [4.69, 9.17) is 0 Å². The van der Waals surface area contributed by atoms with Crippen molar-refractivity contribution in [1.29, 1.82) is 0 Å². The van der Waals surface area contributed by atoms with E-state index < -0.39 is 6.04 Å². The smallest absolute Gasteiger partial charge is 0.246 e. The van der Waals surface area contributed by atoms with Crippen molar-refractivity contribution in [2.75, 3.05) is 5.32 Å². The Labute approximate surface area is 101 Å². The molecule has 0 bridgehead atoms. The van der Waals surface area contributed by atoms with Crippen molar-refractivity contribution in [1.82, 2.24) is 5.32 Å². The van der Waals surface area contributed by atoms with Crippen molar-refractivity contribution in [3.05, 3.63) is 29.3 Å². The Bertz CT molecular complexity index is 441. The van der Waals surface area contributed by atoms with E-state index in [2.05, 4.69) is 10.6 Å². The lowest BCUT2D eigenvalue weighted by molar-refractivity contribution is -0.124. The van der Waals surface area contributed by atoms with Crippen LogP contribution in [0.3, 0.4) is 0 Å². The van der Waals surface area contributed by atoms with Gasteiger partial charge in [-0.1, -0.05) is 12.1 Å². The van der Waals surface area contributed by atoms with Gasteiger partial charge in [-0.3, -0.25) is 9.59 Å². The van der Waals surface area contributed by atoms with E-state index in [0.717, 1.165) is 16.8 Å². The third kappa shape index (κ3) is 3.59. The average molecular weight is 234 g/mol. The molecule has 0 aliphatic rings. The SMILES string of the molecule is CC(=O)NC(C)C(=O)Nc1cccc(C)c1C. The number of aryl methyl sites for hydroxylation is 1. The third-order valence-electron chi connectivity index (χ3n) is 2.68. The van der Waals surface area contributed by atoms with Gasteiger partial charge >= 0.3 is 0 Å². The van der Waals surface area contributed by atoms with Gasteiger partial charge in [0.05, 0.1) is 0 Å². The average Bonchev–Trinajstić information content (AvgIpc) is 2.23. The molecule has 4 nitrogen and oxygen atoms in total. The van der Waals surface area contributed by atoms with E-state index in [0.29, 0.717) is 0 Å². The summed E-state index contributed by atoms with van der Waals surface area (Å²) < 4.78 is 0. The molecule has 2 amide bonds. The largest absolute Gasteiger partial charge is 0.345 e. The molecule has 1 atom stereocenters. The maximum absolute atomic E-state index is 11.8. The molecule has 0 spiro atoms. The van der Waals surface area contributed by atoms with Gasteiger partial charge < -0.3 is 10.6 Å². The van der Waals surface area contributed by atoms with E-state index in [1.165, 1.54) is 6.92 Å². The summed E-state index contributed by atoms with van der Waals surface area (Å²) in [7, 11) is 0. The van der Waals surface area contributed by atoms with Crippen LogP contribution in [0, 0.1) is 13.8 Å². The molecule has 0 aromatic heterocycles. The molecule has 0 heterocycles. The van der Waals surface area contributed by atoms with E-state index in [-0.39, 0.29) is 11.8 Å². The Morgan fingerprint density at radius 2 is 1.88 bits per heavy atom. The van der Waals surface area contributed by atoms with E-state index in [1.807, 2.05) is 32.0 Å². The molecule has 0 fully saturated rings. The molecule has 0 aliphatic carbocycles. The van der Waals surface area contributed by atoms with Crippen molar-refractivity contribution in [2.24, 2.45) is 0 Å². The molecular formula is C13H18N2O2. The quantitative estimate of drug-likeness (QED) is 0.837. The van der Waals surface area contributed by atoms with Crippen LogP contribution < -0.4 is 10.6 Å². The lowest BCUT2D eigenvalue weighted by Gasteiger charge is -2.15. The summed E-state index contributed by atoms with van der Waals surface area (Å²) >= 11 is 0. The molecule has 1 aromatic carbocycles. The predicted octanol–water partition coefficient (Wildman–Crippen LogP) is 1.77. The Morgan fingerprint density at radius 1 is 1.24 bits per heavy atom. The molecule has 0 aliphatic heterocycles. The summed E-state index contributed by atoms with van der Waals surface area (Å²) in [5.74, 6) is -0.428. The Morgan fingerprint density at radius 3 is 2.47 bits per heavy atom. The highest BCUT2D eigenvalue weighted by molar-refractivity contribution is 5.97. The number of carbonyl (C=O) groups excluding carboxylic acids is 2. The fourth-order valence-electron chi connectivity index (χ4n) is 1.50. The zero-order valence-electron chi connectivity index (χ0n) is 10.6. The van der Waals surface area contributed by atoms with Crippen LogP contribution in [-0.2, 0) is 9.59 Å². The first-order valence-electron chi connectivity index (χ1n) is 5.56. The molecular weight excluding hydrogens is 216 g/mol. The number of hydrogen-bond acceptors (Lipinski definition) is 2. The highest BCUT2D eigenvalue weighted by Gasteiger charge is 2.14. The number of anilines is 1.